The second kappa shape index (κ2) is 5.22. The fraction of sp³-hybridized carbons (Fsp3) is 0.562. The summed E-state index contributed by atoms with van der Waals surface area (Å²) in [6, 6.07) is 8.53. The molecule has 5 nitrogen and oxygen atoms in total. The molecule has 112 valence electrons. The van der Waals surface area contributed by atoms with E-state index in [1.807, 2.05) is 29.2 Å². The minimum Gasteiger partial charge on any atom is -0.485 e. The molecule has 3 unspecified atom stereocenters. The van der Waals surface area contributed by atoms with E-state index in [0.717, 1.165) is 25.3 Å². The van der Waals surface area contributed by atoms with Crippen LogP contribution in [0.2, 0.25) is 0 Å². The van der Waals surface area contributed by atoms with Gasteiger partial charge in [0.2, 0.25) is 6.10 Å². The summed E-state index contributed by atoms with van der Waals surface area (Å²) < 4.78 is 11.5. The highest BCUT2D eigenvalue weighted by molar-refractivity contribution is 5.82. The minimum atomic E-state index is -0.517. The van der Waals surface area contributed by atoms with Crippen LogP contribution < -0.4 is 14.8 Å². The van der Waals surface area contributed by atoms with Gasteiger partial charge in [0.05, 0.1) is 0 Å². The minimum absolute atomic E-state index is 0.0545. The quantitative estimate of drug-likeness (QED) is 0.843. The molecule has 2 saturated heterocycles. The maximum absolute atomic E-state index is 12.7. The Morgan fingerprint density at radius 3 is 2.86 bits per heavy atom. The van der Waals surface area contributed by atoms with Crippen molar-refractivity contribution in [1.82, 2.24) is 10.2 Å². The molecule has 3 aliphatic heterocycles. The molecule has 3 aliphatic rings. The highest BCUT2D eigenvalue weighted by atomic mass is 16.6. The second-order valence-electron chi connectivity index (χ2n) is 6.08. The molecule has 0 aromatic heterocycles. The molecule has 1 N–H and O–H groups in total. The zero-order chi connectivity index (χ0) is 14.2. The largest absolute Gasteiger partial charge is 0.485 e. The summed E-state index contributed by atoms with van der Waals surface area (Å²) in [5, 5.41) is 3.59. The maximum atomic E-state index is 12.7. The van der Waals surface area contributed by atoms with Crippen LogP contribution in [0.25, 0.3) is 0 Å². The number of likely N-dealkylation sites (tertiary alicyclic amines) is 1. The number of benzene rings is 1. The molecule has 1 aromatic carbocycles. The van der Waals surface area contributed by atoms with Crippen LogP contribution in [0.5, 0.6) is 11.5 Å². The van der Waals surface area contributed by atoms with Crippen molar-refractivity contribution in [2.24, 2.45) is 0 Å². The number of para-hydroxylation sites is 2. The van der Waals surface area contributed by atoms with Crippen LogP contribution in [0.15, 0.2) is 24.3 Å². The van der Waals surface area contributed by atoms with E-state index in [-0.39, 0.29) is 5.91 Å². The molecule has 3 atom stereocenters. The average Bonchev–Trinajstić information content (AvgIpc) is 2.85. The van der Waals surface area contributed by atoms with Crippen molar-refractivity contribution in [3.05, 3.63) is 24.3 Å². The van der Waals surface area contributed by atoms with E-state index in [9.17, 15) is 4.79 Å². The standard InChI is InChI=1S/C16H20N2O3/c19-16(18-8-7-11-5-6-12(9-18)17-11)15-10-20-13-3-1-2-4-14(13)21-15/h1-4,11-12,15,17H,5-10H2. The summed E-state index contributed by atoms with van der Waals surface area (Å²) in [5.41, 5.74) is 0. The molecule has 0 saturated carbocycles. The summed E-state index contributed by atoms with van der Waals surface area (Å²) in [7, 11) is 0. The predicted octanol–water partition coefficient (Wildman–Crippen LogP) is 1.18. The van der Waals surface area contributed by atoms with E-state index in [1.165, 1.54) is 12.8 Å². The fourth-order valence-electron chi connectivity index (χ4n) is 3.49. The topological polar surface area (TPSA) is 50.8 Å². The summed E-state index contributed by atoms with van der Waals surface area (Å²) in [5.74, 6) is 1.44. The molecule has 3 heterocycles. The van der Waals surface area contributed by atoms with Gasteiger partial charge in [0.25, 0.3) is 5.91 Å². The summed E-state index contributed by atoms with van der Waals surface area (Å²) in [6.45, 7) is 1.90. The lowest BCUT2D eigenvalue weighted by Crippen LogP contribution is -2.49. The molecular formula is C16H20N2O3. The van der Waals surface area contributed by atoms with Crippen LogP contribution in [0.1, 0.15) is 19.3 Å². The average molecular weight is 288 g/mol. The van der Waals surface area contributed by atoms with Gasteiger partial charge in [0.1, 0.15) is 6.61 Å². The van der Waals surface area contributed by atoms with Gasteiger partial charge in [-0.05, 0) is 31.4 Å². The Hall–Kier alpha value is -1.75. The Morgan fingerprint density at radius 2 is 1.95 bits per heavy atom. The van der Waals surface area contributed by atoms with Crippen molar-refractivity contribution in [2.75, 3.05) is 19.7 Å². The summed E-state index contributed by atoms with van der Waals surface area (Å²) in [4.78, 5) is 14.6. The smallest absolute Gasteiger partial charge is 0.267 e. The molecule has 21 heavy (non-hydrogen) atoms. The van der Waals surface area contributed by atoms with Crippen molar-refractivity contribution in [2.45, 2.75) is 37.5 Å². The Balaban J connectivity index is 1.46. The number of amides is 1. The lowest BCUT2D eigenvalue weighted by atomic mass is 10.1. The molecule has 0 aliphatic carbocycles. The first-order chi connectivity index (χ1) is 10.3. The zero-order valence-corrected chi connectivity index (χ0v) is 12.0. The number of hydrogen-bond donors (Lipinski definition) is 1. The van der Waals surface area contributed by atoms with Gasteiger partial charge < -0.3 is 19.7 Å². The Kier molecular flexibility index (Phi) is 3.22. The van der Waals surface area contributed by atoms with Crippen molar-refractivity contribution in [1.29, 1.82) is 0 Å². The monoisotopic (exact) mass is 288 g/mol. The number of hydrogen-bond acceptors (Lipinski definition) is 4. The SMILES string of the molecule is O=C(C1COc2ccccc2O1)N1CCC2CCC(C1)N2. The normalized spacial score (nSPS) is 30.9. The molecule has 0 spiro atoms. The van der Waals surface area contributed by atoms with Gasteiger partial charge in [0, 0.05) is 25.2 Å². The number of carbonyl (C=O) groups excluding carboxylic acids is 1. The third-order valence-electron chi connectivity index (χ3n) is 4.62. The number of carbonyl (C=O) groups is 1. The van der Waals surface area contributed by atoms with Crippen LogP contribution in [-0.2, 0) is 4.79 Å². The molecule has 2 bridgehead atoms. The number of nitrogens with one attached hydrogen (secondary N) is 1. The first kappa shape index (κ1) is 13.0. The third kappa shape index (κ3) is 2.46. The Morgan fingerprint density at radius 1 is 1.14 bits per heavy atom. The van der Waals surface area contributed by atoms with Gasteiger partial charge in [-0.3, -0.25) is 4.79 Å². The lowest BCUT2D eigenvalue weighted by molar-refractivity contribution is -0.141. The fourth-order valence-corrected chi connectivity index (χ4v) is 3.49. The van der Waals surface area contributed by atoms with Crippen LogP contribution >= 0.6 is 0 Å². The first-order valence-corrected chi connectivity index (χ1v) is 7.73. The van der Waals surface area contributed by atoms with E-state index in [0.29, 0.717) is 24.4 Å². The molecule has 1 amide bonds. The van der Waals surface area contributed by atoms with Crippen LogP contribution in [0.3, 0.4) is 0 Å². The van der Waals surface area contributed by atoms with Gasteiger partial charge in [-0.1, -0.05) is 12.1 Å². The zero-order valence-electron chi connectivity index (χ0n) is 12.0. The molecule has 4 rings (SSSR count). The number of fused-ring (bicyclic) bond motifs is 3. The summed E-state index contributed by atoms with van der Waals surface area (Å²) in [6.07, 6.45) is 2.92. The van der Waals surface area contributed by atoms with E-state index in [1.54, 1.807) is 0 Å². The van der Waals surface area contributed by atoms with Crippen molar-refractivity contribution < 1.29 is 14.3 Å². The van der Waals surface area contributed by atoms with Gasteiger partial charge in [0.15, 0.2) is 11.5 Å². The van der Waals surface area contributed by atoms with Crippen LogP contribution in [0, 0.1) is 0 Å². The highest BCUT2D eigenvalue weighted by Gasteiger charge is 2.36. The van der Waals surface area contributed by atoms with Gasteiger partial charge in [-0.25, -0.2) is 0 Å². The molecule has 1 aromatic rings. The highest BCUT2D eigenvalue weighted by Crippen LogP contribution is 2.31. The third-order valence-corrected chi connectivity index (χ3v) is 4.62. The number of nitrogens with zero attached hydrogens (tertiary/aromatic N) is 1. The number of rotatable bonds is 1. The lowest BCUT2D eigenvalue weighted by Gasteiger charge is -2.31. The van der Waals surface area contributed by atoms with Crippen molar-refractivity contribution in [3.63, 3.8) is 0 Å². The van der Waals surface area contributed by atoms with E-state index in [4.69, 9.17) is 9.47 Å². The Bertz CT molecular complexity index is 548. The maximum Gasteiger partial charge on any atom is 0.267 e. The van der Waals surface area contributed by atoms with Crippen molar-refractivity contribution in [3.8, 4) is 11.5 Å². The van der Waals surface area contributed by atoms with E-state index >= 15 is 0 Å². The first-order valence-electron chi connectivity index (χ1n) is 7.73. The number of ether oxygens (including phenoxy) is 2. The van der Waals surface area contributed by atoms with Gasteiger partial charge >= 0.3 is 0 Å². The van der Waals surface area contributed by atoms with Crippen molar-refractivity contribution >= 4 is 5.91 Å². The second-order valence-corrected chi connectivity index (χ2v) is 6.08. The van der Waals surface area contributed by atoms with Crippen LogP contribution in [-0.4, -0.2) is 48.7 Å². The molecule has 5 heteroatoms. The Labute approximate surface area is 124 Å². The summed E-state index contributed by atoms with van der Waals surface area (Å²) >= 11 is 0. The molecule has 0 radical (unpaired) electrons. The molecule has 2 fully saturated rings. The van der Waals surface area contributed by atoms with Crippen LogP contribution in [0.4, 0.5) is 0 Å². The molecular weight excluding hydrogens is 268 g/mol. The predicted molar refractivity (Wildman–Crippen MR) is 77.5 cm³/mol. The van der Waals surface area contributed by atoms with Gasteiger partial charge in [-0.15, -0.1) is 0 Å². The van der Waals surface area contributed by atoms with E-state index < -0.39 is 6.10 Å². The van der Waals surface area contributed by atoms with Gasteiger partial charge in [-0.2, -0.15) is 0 Å². The van der Waals surface area contributed by atoms with E-state index in [2.05, 4.69) is 5.32 Å².